The van der Waals surface area contributed by atoms with E-state index in [0.29, 0.717) is 5.95 Å². The summed E-state index contributed by atoms with van der Waals surface area (Å²) in [5.41, 5.74) is 9.60. The summed E-state index contributed by atoms with van der Waals surface area (Å²) in [5, 5.41) is 7.99. The van der Waals surface area contributed by atoms with Crippen LogP contribution in [0.3, 0.4) is 0 Å². The molecule has 0 saturated heterocycles. The van der Waals surface area contributed by atoms with Crippen LogP contribution in [0.1, 0.15) is 11.3 Å². The second-order valence-electron chi connectivity index (χ2n) is 13.1. The van der Waals surface area contributed by atoms with Crippen LogP contribution in [0.4, 0.5) is 0 Å². The lowest BCUT2D eigenvalue weighted by molar-refractivity contribution is 0.603. The summed E-state index contributed by atoms with van der Waals surface area (Å²) in [6.45, 7) is 4.03. The maximum atomic E-state index is 6.15. The average molecular weight is 668 g/mol. The molecule has 0 unspecified atom stereocenters. The van der Waals surface area contributed by atoms with Gasteiger partial charge in [-0.15, -0.1) is 0 Å². The normalized spacial score (nSPS) is 12.2. The minimum atomic E-state index is 0.631. The van der Waals surface area contributed by atoms with E-state index in [1.165, 1.54) is 10.8 Å². The van der Waals surface area contributed by atoms with Gasteiger partial charge in [-0.1, -0.05) is 91.5 Å². The topological polar surface area (TPSA) is 53.7 Å². The first-order valence-corrected chi connectivity index (χ1v) is 17.4. The molecule has 0 aliphatic heterocycles. The Balaban J connectivity index is 1.30. The van der Waals surface area contributed by atoms with Gasteiger partial charge in [-0.3, -0.25) is 4.57 Å². The number of nitrogens with zero attached hydrogens (tertiary/aromatic N) is 5. The van der Waals surface area contributed by atoms with Crippen molar-refractivity contribution in [2.75, 3.05) is 0 Å². The Morgan fingerprint density at radius 2 is 1.13 bits per heavy atom. The number of fused-ring (bicyclic) bond motifs is 12. The van der Waals surface area contributed by atoms with E-state index in [-0.39, 0.29) is 0 Å². The largest absolute Gasteiger partial charge is 0.456 e. The van der Waals surface area contributed by atoms with Gasteiger partial charge in [-0.05, 0) is 60.7 Å². The minimum Gasteiger partial charge on any atom is -0.456 e. The van der Waals surface area contributed by atoms with Gasteiger partial charge in [-0.25, -0.2) is 9.97 Å². The standard InChI is InChI=1S/C46H29N5O/c1-2-40-31(30-15-8-11-20-41(30)52-40)25-28-49-36-18-9-6-16-34(36)42-38(49)23-21-32-33-22-24-39-43(45(33)51(44(32)42)46-47-26-12-27-48-46)35-17-7-10-19-37(35)50(39)29-13-4-3-5-14-29/h2-28H,1H2/b28-25+. The van der Waals surface area contributed by atoms with Crippen LogP contribution in [0.5, 0.6) is 0 Å². The van der Waals surface area contributed by atoms with E-state index in [9.17, 15) is 0 Å². The molecule has 0 fully saturated rings. The Kier molecular flexibility index (Phi) is 6.01. The molecule has 0 radical (unpaired) electrons. The van der Waals surface area contributed by atoms with Gasteiger partial charge < -0.3 is 13.6 Å². The lowest BCUT2D eigenvalue weighted by atomic mass is 10.1. The van der Waals surface area contributed by atoms with Crippen molar-refractivity contribution in [3.63, 3.8) is 0 Å². The van der Waals surface area contributed by atoms with Crippen molar-refractivity contribution in [1.82, 2.24) is 23.7 Å². The second kappa shape index (κ2) is 10.9. The summed E-state index contributed by atoms with van der Waals surface area (Å²) in [4.78, 5) is 9.78. The number of benzene rings is 6. The van der Waals surface area contributed by atoms with Crippen LogP contribution in [0.15, 0.2) is 157 Å². The Hall–Kier alpha value is -7.18. The number of para-hydroxylation sites is 4. The van der Waals surface area contributed by atoms with Gasteiger partial charge in [0.1, 0.15) is 11.3 Å². The zero-order valence-electron chi connectivity index (χ0n) is 27.9. The van der Waals surface area contributed by atoms with Crippen LogP contribution in [0.2, 0.25) is 0 Å². The molecule has 5 heterocycles. The van der Waals surface area contributed by atoms with Crippen LogP contribution >= 0.6 is 0 Å². The summed E-state index contributed by atoms with van der Waals surface area (Å²) >= 11 is 0. The quantitative estimate of drug-likeness (QED) is 0.184. The molecule has 11 rings (SSSR count). The number of rotatable bonds is 5. The van der Waals surface area contributed by atoms with E-state index < -0.39 is 0 Å². The molecule has 0 N–H and O–H groups in total. The lowest BCUT2D eigenvalue weighted by Gasteiger charge is -2.09. The van der Waals surface area contributed by atoms with E-state index >= 15 is 0 Å². The van der Waals surface area contributed by atoms with Crippen molar-refractivity contribution in [3.05, 3.63) is 164 Å². The van der Waals surface area contributed by atoms with Crippen molar-refractivity contribution >= 4 is 94.7 Å². The zero-order chi connectivity index (χ0) is 34.3. The smallest absolute Gasteiger partial charge is 0.234 e. The molecule has 6 aromatic carbocycles. The second-order valence-corrected chi connectivity index (χ2v) is 13.1. The highest BCUT2D eigenvalue weighted by molar-refractivity contribution is 6.31. The zero-order valence-corrected chi connectivity index (χ0v) is 27.9. The highest BCUT2D eigenvalue weighted by Gasteiger charge is 2.24. The maximum absolute atomic E-state index is 6.15. The molecule has 0 bridgehead atoms. The number of hydrogen-bond acceptors (Lipinski definition) is 3. The molecule has 0 aliphatic carbocycles. The highest BCUT2D eigenvalue weighted by atomic mass is 16.3. The first-order valence-electron chi connectivity index (χ1n) is 17.4. The maximum Gasteiger partial charge on any atom is 0.234 e. The summed E-state index contributed by atoms with van der Waals surface area (Å²) in [7, 11) is 0. The average Bonchev–Trinajstić information content (AvgIpc) is 3.93. The summed E-state index contributed by atoms with van der Waals surface area (Å²) in [6, 6.07) is 46.9. The van der Waals surface area contributed by atoms with Crippen LogP contribution < -0.4 is 0 Å². The van der Waals surface area contributed by atoms with Gasteiger partial charge in [-0.2, -0.15) is 0 Å². The fourth-order valence-corrected chi connectivity index (χ4v) is 8.30. The predicted octanol–water partition coefficient (Wildman–Crippen LogP) is 11.8. The monoisotopic (exact) mass is 667 g/mol. The van der Waals surface area contributed by atoms with Crippen molar-refractivity contribution in [3.8, 4) is 11.6 Å². The summed E-state index contributed by atoms with van der Waals surface area (Å²) in [6.07, 6.45) is 9.72. The first-order chi connectivity index (χ1) is 25.8. The SMILES string of the molecule is C=Cc1oc2ccccc2c1/C=C/n1c2ccccc2c2c1ccc1c3ccc4c(c5ccccc5n4-c4ccccc4)c3n(-c3ncccn3)c12. The lowest BCUT2D eigenvalue weighted by Crippen LogP contribution is -2.00. The molecule has 11 aromatic rings. The number of hydrogen-bond donors (Lipinski definition) is 0. The molecular formula is C46H29N5O. The van der Waals surface area contributed by atoms with E-state index in [4.69, 9.17) is 14.4 Å². The molecule has 244 valence electrons. The van der Waals surface area contributed by atoms with E-state index in [2.05, 4.69) is 142 Å². The number of aromatic nitrogens is 5. The van der Waals surface area contributed by atoms with Gasteiger partial charge in [0.15, 0.2) is 0 Å². The molecule has 5 aromatic heterocycles. The Morgan fingerprint density at radius 3 is 1.88 bits per heavy atom. The summed E-state index contributed by atoms with van der Waals surface area (Å²) in [5.74, 6) is 1.38. The molecule has 6 nitrogen and oxygen atoms in total. The molecule has 0 aliphatic rings. The molecule has 0 atom stereocenters. The molecule has 52 heavy (non-hydrogen) atoms. The third kappa shape index (κ3) is 3.89. The predicted molar refractivity (Wildman–Crippen MR) is 215 cm³/mol. The summed E-state index contributed by atoms with van der Waals surface area (Å²) < 4.78 is 13.1. The third-order valence-electron chi connectivity index (χ3n) is 10.4. The third-order valence-corrected chi connectivity index (χ3v) is 10.4. The van der Waals surface area contributed by atoms with Crippen LogP contribution in [-0.4, -0.2) is 23.7 Å². The molecular weight excluding hydrogens is 639 g/mol. The van der Waals surface area contributed by atoms with E-state index in [0.717, 1.165) is 82.6 Å². The Bertz CT molecular complexity index is 3250. The van der Waals surface area contributed by atoms with Crippen molar-refractivity contribution in [2.24, 2.45) is 0 Å². The first kappa shape index (κ1) is 28.6. The fraction of sp³-hybridized carbons (Fsp3) is 0. The van der Waals surface area contributed by atoms with Gasteiger partial charge in [0.05, 0.1) is 33.1 Å². The highest BCUT2D eigenvalue weighted by Crippen LogP contribution is 2.45. The Morgan fingerprint density at radius 1 is 0.519 bits per heavy atom. The van der Waals surface area contributed by atoms with E-state index in [1.807, 2.05) is 36.7 Å². The molecule has 0 amide bonds. The molecule has 0 spiro atoms. The van der Waals surface area contributed by atoms with Crippen LogP contribution in [-0.2, 0) is 0 Å². The Labute approximate surface area is 297 Å². The van der Waals surface area contributed by atoms with Gasteiger partial charge >= 0.3 is 0 Å². The van der Waals surface area contributed by atoms with Crippen molar-refractivity contribution in [1.29, 1.82) is 0 Å². The minimum absolute atomic E-state index is 0.631. The van der Waals surface area contributed by atoms with Crippen LogP contribution in [0.25, 0.3) is 106 Å². The van der Waals surface area contributed by atoms with Crippen molar-refractivity contribution < 1.29 is 4.42 Å². The van der Waals surface area contributed by atoms with Gasteiger partial charge in [0.2, 0.25) is 5.95 Å². The van der Waals surface area contributed by atoms with E-state index in [1.54, 1.807) is 6.08 Å². The van der Waals surface area contributed by atoms with Crippen LogP contribution in [0, 0.1) is 0 Å². The van der Waals surface area contributed by atoms with Gasteiger partial charge in [0.25, 0.3) is 0 Å². The van der Waals surface area contributed by atoms with Crippen molar-refractivity contribution in [2.45, 2.75) is 0 Å². The molecule has 6 heteroatoms. The number of furan rings is 1. The van der Waals surface area contributed by atoms with Gasteiger partial charge in [0, 0.05) is 67.5 Å². The fourth-order valence-electron chi connectivity index (χ4n) is 8.30. The molecule has 0 saturated carbocycles.